The van der Waals surface area contributed by atoms with Gasteiger partial charge in [0.25, 0.3) is 5.91 Å². The second-order valence-corrected chi connectivity index (χ2v) is 3.91. The molecule has 0 fully saturated rings. The van der Waals surface area contributed by atoms with E-state index in [1.807, 2.05) is 0 Å². The molecule has 0 aliphatic carbocycles. The highest BCUT2D eigenvalue weighted by Gasteiger charge is 2.09. The standard InChI is InChI=1S/C13H14N2O4/c1-9(13(14)16)19-12-4-2-11(3-5-12)17-8-10-6-7-18-15-10/h2-7,9H,8H2,1H3,(H2,14,16)/t9-/m0/s1. The van der Waals surface area contributed by atoms with Crippen LogP contribution in [0.3, 0.4) is 0 Å². The van der Waals surface area contributed by atoms with Crippen LogP contribution in [0.5, 0.6) is 11.5 Å². The van der Waals surface area contributed by atoms with Gasteiger partial charge >= 0.3 is 0 Å². The van der Waals surface area contributed by atoms with E-state index in [0.29, 0.717) is 23.8 Å². The number of primary amides is 1. The van der Waals surface area contributed by atoms with E-state index < -0.39 is 12.0 Å². The van der Waals surface area contributed by atoms with Gasteiger partial charge in [0.2, 0.25) is 0 Å². The van der Waals surface area contributed by atoms with Crippen molar-refractivity contribution in [2.24, 2.45) is 5.73 Å². The molecule has 6 nitrogen and oxygen atoms in total. The summed E-state index contributed by atoms with van der Waals surface area (Å²) in [6.07, 6.45) is 0.822. The quantitative estimate of drug-likeness (QED) is 0.852. The van der Waals surface area contributed by atoms with Crippen molar-refractivity contribution in [3.63, 3.8) is 0 Å². The minimum absolute atomic E-state index is 0.328. The van der Waals surface area contributed by atoms with E-state index in [9.17, 15) is 4.79 Å². The first-order valence-electron chi connectivity index (χ1n) is 5.73. The molecule has 0 saturated carbocycles. The first kappa shape index (κ1) is 12.9. The fraction of sp³-hybridized carbons (Fsp3) is 0.231. The van der Waals surface area contributed by atoms with Gasteiger partial charge in [-0.3, -0.25) is 4.79 Å². The highest BCUT2D eigenvalue weighted by atomic mass is 16.5. The Balaban J connectivity index is 1.89. The van der Waals surface area contributed by atoms with Crippen molar-refractivity contribution in [2.45, 2.75) is 19.6 Å². The topological polar surface area (TPSA) is 87.6 Å². The second kappa shape index (κ2) is 5.90. The lowest BCUT2D eigenvalue weighted by Crippen LogP contribution is -2.30. The summed E-state index contributed by atoms with van der Waals surface area (Å²) in [5.41, 5.74) is 5.82. The molecule has 0 aliphatic rings. The van der Waals surface area contributed by atoms with Crippen molar-refractivity contribution in [1.29, 1.82) is 0 Å². The van der Waals surface area contributed by atoms with Crippen molar-refractivity contribution in [2.75, 3.05) is 0 Å². The third kappa shape index (κ3) is 3.74. The Hall–Kier alpha value is -2.50. The maximum absolute atomic E-state index is 10.9. The summed E-state index contributed by atoms with van der Waals surface area (Å²) in [4.78, 5) is 10.9. The Kier molecular flexibility index (Phi) is 4.02. The molecule has 2 aromatic rings. The summed E-state index contributed by atoms with van der Waals surface area (Å²) in [7, 11) is 0. The average molecular weight is 262 g/mol. The van der Waals surface area contributed by atoms with E-state index in [1.54, 1.807) is 37.3 Å². The zero-order valence-electron chi connectivity index (χ0n) is 10.4. The number of benzene rings is 1. The van der Waals surface area contributed by atoms with Gasteiger partial charge in [0.15, 0.2) is 6.10 Å². The molecule has 100 valence electrons. The minimum atomic E-state index is -0.665. The number of carbonyl (C=O) groups is 1. The van der Waals surface area contributed by atoms with Crippen LogP contribution in [0.2, 0.25) is 0 Å². The van der Waals surface area contributed by atoms with Gasteiger partial charge in [0, 0.05) is 6.07 Å². The van der Waals surface area contributed by atoms with E-state index in [-0.39, 0.29) is 0 Å². The Bertz CT molecular complexity index is 522. The van der Waals surface area contributed by atoms with E-state index >= 15 is 0 Å². The second-order valence-electron chi connectivity index (χ2n) is 3.91. The van der Waals surface area contributed by atoms with Crippen molar-refractivity contribution < 1.29 is 18.8 Å². The molecule has 0 bridgehead atoms. The van der Waals surface area contributed by atoms with Crippen LogP contribution in [0.4, 0.5) is 0 Å². The maximum Gasteiger partial charge on any atom is 0.258 e. The van der Waals surface area contributed by atoms with E-state index in [1.165, 1.54) is 6.26 Å². The number of ether oxygens (including phenoxy) is 2. The summed E-state index contributed by atoms with van der Waals surface area (Å²) < 4.78 is 15.5. The largest absolute Gasteiger partial charge is 0.487 e. The van der Waals surface area contributed by atoms with Gasteiger partial charge in [-0.2, -0.15) is 0 Å². The van der Waals surface area contributed by atoms with Crippen molar-refractivity contribution in [1.82, 2.24) is 5.16 Å². The molecule has 1 atom stereocenters. The zero-order valence-corrected chi connectivity index (χ0v) is 10.4. The predicted octanol–water partition coefficient (Wildman–Crippen LogP) is 1.51. The normalized spacial score (nSPS) is 11.8. The van der Waals surface area contributed by atoms with Crippen LogP contribution in [-0.2, 0) is 11.4 Å². The highest BCUT2D eigenvalue weighted by Crippen LogP contribution is 2.19. The van der Waals surface area contributed by atoms with Gasteiger partial charge in [-0.15, -0.1) is 0 Å². The van der Waals surface area contributed by atoms with Crippen LogP contribution in [0.1, 0.15) is 12.6 Å². The van der Waals surface area contributed by atoms with Crippen LogP contribution in [0.25, 0.3) is 0 Å². The van der Waals surface area contributed by atoms with Gasteiger partial charge in [-0.1, -0.05) is 5.16 Å². The smallest absolute Gasteiger partial charge is 0.258 e. The number of aromatic nitrogens is 1. The molecule has 0 unspecified atom stereocenters. The van der Waals surface area contributed by atoms with Crippen LogP contribution < -0.4 is 15.2 Å². The van der Waals surface area contributed by atoms with Gasteiger partial charge in [-0.05, 0) is 31.2 Å². The number of hydrogen-bond acceptors (Lipinski definition) is 5. The van der Waals surface area contributed by atoms with Crippen LogP contribution in [0.15, 0.2) is 41.1 Å². The van der Waals surface area contributed by atoms with E-state index in [0.717, 1.165) is 0 Å². The van der Waals surface area contributed by atoms with Crippen LogP contribution in [0, 0.1) is 0 Å². The lowest BCUT2D eigenvalue weighted by molar-refractivity contribution is -0.123. The van der Waals surface area contributed by atoms with Gasteiger partial charge in [0.05, 0.1) is 0 Å². The molecule has 0 aliphatic heterocycles. The Morgan fingerprint density at radius 3 is 2.58 bits per heavy atom. The maximum atomic E-state index is 10.9. The van der Waals surface area contributed by atoms with Crippen LogP contribution in [-0.4, -0.2) is 17.2 Å². The molecule has 6 heteroatoms. The Morgan fingerprint density at radius 1 is 1.32 bits per heavy atom. The molecule has 19 heavy (non-hydrogen) atoms. The molecule has 0 spiro atoms. The third-order valence-corrected chi connectivity index (χ3v) is 2.42. The molecule has 2 N–H and O–H groups in total. The summed E-state index contributed by atoms with van der Waals surface area (Å²) >= 11 is 0. The first-order chi connectivity index (χ1) is 9.15. The summed E-state index contributed by atoms with van der Waals surface area (Å²) in [5, 5.41) is 3.73. The van der Waals surface area contributed by atoms with E-state index in [2.05, 4.69) is 5.16 Å². The number of carbonyl (C=O) groups excluding carboxylic acids is 1. The number of amides is 1. The summed E-state index contributed by atoms with van der Waals surface area (Å²) in [6, 6.07) is 8.62. The van der Waals surface area contributed by atoms with Gasteiger partial charge in [-0.25, -0.2) is 0 Å². The summed E-state index contributed by atoms with van der Waals surface area (Å²) in [5.74, 6) is 0.716. The highest BCUT2D eigenvalue weighted by molar-refractivity contribution is 5.78. The molecule has 1 heterocycles. The molecule has 0 saturated heterocycles. The lowest BCUT2D eigenvalue weighted by Gasteiger charge is -2.11. The molecule has 1 amide bonds. The summed E-state index contributed by atoms with van der Waals surface area (Å²) in [6.45, 7) is 1.92. The molecule has 2 rings (SSSR count). The molecule has 1 aromatic carbocycles. The number of hydrogen-bond donors (Lipinski definition) is 1. The number of nitrogens with two attached hydrogens (primary N) is 1. The monoisotopic (exact) mass is 262 g/mol. The van der Waals surface area contributed by atoms with E-state index in [4.69, 9.17) is 19.7 Å². The fourth-order valence-electron chi connectivity index (χ4n) is 1.35. The predicted molar refractivity (Wildman–Crippen MR) is 66.6 cm³/mol. The third-order valence-electron chi connectivity index (χ3n) is 2.42. The molecular weight excluding hydrogens is 248 g/mol. The first-order valence-corrected chi connectivity index (χ1v) is 5.73. The van der Waals surface area contributed by atoms with Gasteiger partial charge < -0.3 is 19.7 Å². The number of rotatable bonds is 6. The minimum Gasteiger partial charge on any atom is -0.487 e. The SMILES string of the molecule is C[C@H](Oc1ccc(OCc2ccon2)cc1)C(N)=O. The van der Waals surface area contributed by atoms with Crippen molar-refractivity contribution in [3.05, 3.63) is 42.3 Å². The van der Waals surface area contributed by atoms with Crippen molar-refractivity contribution in [3.8, 4) is 11.5 Å². The van der Waals surface area contributed by atoms with Crippen LogP contribution >= 0.6 is 0 Å². The molecule has 1 aromatic heterocycles. The Labute approximate surface area is 110 Å². The Morgan fingerprint density at radius 2 is 2.00 bits per heavy atom. The zero-order chi connectivity index (χ0) is 13.7. The number of nitrogens with zero attached hydrogens (tertiary/aromatic N) is 1. The average Bonchev–Trinajstić information content (AvgIpc) is 2.91. The fourth-order valence-corrected chi connectivity index (χ4v) is 1.35. The van der Waals surface area contributed by atoms with Gasteiger partial charge in [0.1, 0.15) is 30.1 Å². The lowest BCUT2D eigenvalue weighted by atomic mass is 10.3. The molecular formula is C13H14N2O4. The molecule has 0 radical (unpaired) electrons. The van der Waals surface area contributed by atoms with Crippen molar-refractivity contribution >= 4 is 5.91 Å².